The van der Waals surface area contributed by atoms with E-state index in [9.17, 15) is 4.79 Å². The van der Waals surface area contributed by atoms with Gasteiger partial charge < -0.3 is 9.30 Å². The summed E-state index contributed by atoms with van der Waals surface area (Å²) in [5.74, 6) is 0.0787. The van der Waals surface area contributed by atoms with Gasteiger partial charge in [0, 0.05) is 36.2 Å². The molecule has 3 nitrogen and oxygen atoms in total. The van der Waals surface area contributed by atoms with Crippen molar-refractivity contribution >= 4 is 5.78 Å². The van der Waals surface area contributed by atoms with Crippen molar-refractivity contribution in [2.75, 3.05) is 7.11 Å². The van der Waals surface area contributed by atoms with E-state index in [0.717, 1.165) is 29.1 Å². The monoisotopic (exact) mass is 271 g/mol. The van der Waals surface area contributed by atoms with Crippen molar-refractivity contribution in [3.63, 3.8) is 0 Å². The number of ether oxygens (including phenoxy) is 1. The zero-order valence-electron chi connectivity index (χ0n) is 12.5. The second kappa shape index (κ2) is 6.06. The van der Waals surface area contributed by atoms with Crippen molar-refractivity contribution in [2.45, 2.75) is 33.4 Å². The molecule has 1 heterocycles. The lowest BCUT2D eigenvalue weighted by Gasteiger charge is -2.14. The summed E-state index contributed by atoms with van der Waals surface area (Å²) in [4.78, 5) is 12.5. The average Bonchev–Trinajstić information content (AvgIpc) is 2.75. The van der Waals surface area contributed by atoms with E-state index in [1.807, 2.05) is 57.2 Å². The Labute approximate surface area is 120 Å². The van der Waals surface area contributed by atoms with Gasteiger partial charge >= 0.3 is 0 Å². The van der Waals surface area contributed by atoms with Crippen LogP contribution in [0.1, 0.15) is 34.2 Å². The number of hydrogen-bond acceptors (Lipinski definition) is 2. The van der Waals surface area contributed by atoms with E-state index < -0.39 is 0 Å². The highest BCUT2D eigenvalue weighted by Gasteiger charge is 2.17. The van der Waals surface area contributed by atoms with E-state index in [0.29, 0.717) is 0 Å². The van der Waals surface area contributed by atoms with Crippen molar-refractivity contribution < 1.29 is 9.53 Å². The van der Waals surface area contributed by atoms with E-state index in [4.69, 9.17) is 4.74 Å². The molecule has 0 fully saturated rings. The summed E-state index contributed by atoms with van der Waals surface area (Å²) in [5.41, 5.74) is 3.59. The minimum atomic E-state index is 0.0787. The van der Waals surface area contributed by atoms with Crippen molar-refractivity contribution in [3.8, 4) is 0 Å². The standard InChI is InChI=1S/C17H21NO2/c1-12-10-16(14(3)18(12)11-13(2)20-4)17(19)15-8-6-5-7-9-15/h5-10,13H,11H2,1-4H3. The number of carbonyl (C=O) groups excluding carboxylic acids is 1. The minimum absolute atomic E-state index is 0.0787. The molecule has 0 bridgehead atoms. The van der Waals surface area contributed by atoms with Gasteiger partial charge in [0.25, 0.3) is 0 Å². The molecule has 0 amide bonds. The molecule has 0 saturated carbocycles. The molecule has 0 radical (unpaired) electrons. The van der Waals surface area contributed by atoms with E-state index in [-0.39, 0.29) is 11.9 Å². The number of hydrogen-bond donors (Lipinski definition) is 0. The Balaban J connectivity index is 2.35. The lowest BCUT2D eigenvalue weighted by molar-refractivity contribution is 0.101. The molecular formula is C17H21NO2. The predicted molar refractivity (Wildman–Crippen MR) is 80.3 cm³/mol. The number of benzene rings is 1. The zero-order valence-corrected chi connectivity index (χ0v) is 12.5. The van der Waals surface area contributed by atoms with Crippen LogP contribution in [0.4, 0.5) is 0 Å². The Morgan fingerprint density at radius 3 is 2.50 bits per heavy atom. The molecule has 0 spiro atoms. The highest BCUT2D eigenvalue weighted by Crippen LogP contribution is 2.19. The first kappa shape index (κ1) is 14.5. The summed E-state index contributed by atoms with van der Waals surface area (Å²) >= 11 is 0. The maximum absolute atomic E-state index is 12.5. The summed E-state index contributed by atoms with van der Waals surface area (Å²) in [6.07, 6.45) is 0.125. The molecular weight excluding hydrogens is 250 g/mol. The van der Waals surface area contributed by atoms with E-state index in [2.05, 4.69) is 4.57 Å². The fraction of sp³-hybridized carbons (Fsp3) is 0.353. The first-order valence-electron chi connectivity index (χ1n) is 6.84. The number of methoxy groups -OCH3 is 1. The normalized spacial score (nSPS) is 12.4. The first-order valence-corrected chi connectivity index (χ1v) is 6.84. The Morgan fingerprint density at radius 1 is 1.25 bits per heavy atom. The summed E-state index contributed by atoms with van der Waals surface area (Å²) in [5, 5.41) is 0. The van der Waals surface area contributed by atoms with Gasteiger partial charge in [0.1, 0.15) is 0 Å². The Kier molecular flexibility index (Phi) is 4.40. The van der Waals surface area contributed by atoms with Crippen molar-refractivity contribution in [3.05, 3.63) is 58.9 Å². The molecule has 0 aliphatic rings. The molecule has 2 rings (SSSR count). The quantitative estimate of drug-likeness (QED) is 0.781. The molecule has 20 heavy (non-hydrogen) atoms. The van der Waals surface area contributed by atoms with Gasteiger partial charge in [-0.2, -0.15) is 0 Å². The van der Waals surface area contributed by atoms with Crippen LogP contribution in [0.3, 0.4) is 0 Å². The smallest absolute Gasteiger partial charge is 0.194 e. The maximum Gasteiger partial charge on any atom is 0.194 e. The molecule has 0 N–H and O–H groups in total. The number of aromatic nitrogens is 1. The predicted octanol–water partition coefficient (Wildman–Crippen LogP) is 3.37. The number of rotatable bonds is 5. The van der Waals surface area contributed by atoms with E-state index in [1.165, 1.54) is 0 Å². The number of carbonyl (C=O) groups is 1. The van der Waals surface area contributed by atoms with Crippen LogP contribution in [0.25, 0.3) is 0 Å². The Morgan fingerprint density at radius 2 is 1.90 bits per heavy atom. The SMILES string of the molecule is COC(C)Cn1c(C)cc(C(=O)c2ccccc2)c1C. The maximum atomic E-state index is 12.5. The van der Waals surface area contributed by atoms with Crippen LogP contribution >= 0.6 is 0 Å². The third kappa shape index (κ3) is 2.83. The molecule has 1 aromatic heterocycles. The molecule has 2 aromatic rings. The fourth-order valence-electron chi connectivity index (χ4n) is 2.39. The van der Waals surface area contributed by atoms with Crippen molar-refractivity contribution in [2.24, 2.45) is 0 Å². The van der Waals surface area contributed by atoms with Crippen LogP contribution in [0.5, 0.6) is 0 Å². The van der Waals surface area contributed by atoms with E-state index in [1.54, 1.807) is 7.11 Å². The summed E-state index contributed by atoms with van der Waals surface area (Å²) in [6, 6.07) is 11.4. The van der Waals surface area contributed by atoms with E-state index >= 15 is 0 Å². The lowest BCUT2D eigenvalue weighted by Crippen LogP contribution is -2.17. The lowest BCUT2D eigenvalue weighted by atomic mass is 10.0. The van der Waals surface area contributed by atoms with Crippen LogP contribution in [0.2, 0.25) is 0 Å². The topological polar surface area (TPSA) is 31.2 Å². The molecule has 1 atom stereocenters. The number of aryl methyl sites for hydroxylation is 1. The van der Waals surface area contributed by atoms with Crippen LogP contribution in [-0.2, 0) is 11.3 Å². The van der Waals surface area contributed by atoms with Gasteiger partial charge in [-0.3, -0.25) is 4.79 Å². The number of nitrogens with zero attached hydrogens (tertiary/aromatic N) is 1. The highest BCUT2D eigenvalue weighted by molar-refractivity contribution is 6.09. The summed E-state index contributed by atoms with van der Waals surface area (Å²) < 4.78 is 7.46. The molecule has 3 heteroatoms. The molecule has 0 saturated heterocycles. The van der Waals surface area contributed by atoms with Gasteiger partial charge in [-0.15, -0.1) is 0 Å². The molecule has 1 unspecified atom stereocenters. The van der Waals surface area contributed by atoms with Gasteiger partial charge in [0.05, 0.1) is 6.10 Å². The van der Waals surface area contributed by atoms with Gasteiger partial charge in [-0.25, -0.2) is 0 Å². The Bertz CT molecular complexity index is 599. The molecule has 1 aromatic carbocycles. The zero-order chi connectivity index (χ0) is 14.7. The average molecular weight is 271 g/mol. The third-order valence-corrected chi connectivity index (χ3v) is 3.70. The van der Waals surface area contributed by atoms with Crippen LogP contribution in [0, 0.1) is 13.8 Å². The molecule has 106 valence electrons. The van der Waals surface area contributed by atoms with Crippen LogP contribution < -0.4 is 0 Å². The van der Waals surface area contributed by atoms with Crippen LogP contribution in [0.15, 0.2) is 36.4 Å². The first-order chi connectivity index (χ1) is 9.54. The van der Waals surface area contributed by atoms with Crippen molar-refractivity contribution in [1.29, 1.82) is 0 Å². The van der Waals surface area contributed by atoms with Crippen molar-refractivity contribution in [1.82, 2.24) is 4.57 Å². The van der Waals surface area contributed by atoms with Crippen LogP contribution in [-0.4, -0.2) is 23.6 Å². The molecule has 0 aliphatic heterocycles. The largest absolute Gasteiger partial charge is 0.380 e. The number of ketones is 1. The molecule has 0 aliphatic carbocycles. The third-order valence-electron chi connectivity index (χ3n) is 3.70. The summed E-state index contributed by atoms with van der Waals surface area (Å²) in [7, 11) is 1.70. The van der Waals surface area contributed by atoms with Gasteiger partial charge in [-0.1, -0.05) is 30.3 Å². The Hall–Kier alpha value is -1.87. The fourth-order valence-corrected chi connectivity index (χ4v) is 2.39. The van der Waals surface area contributed by atoms with Gasteiger partial charge in [0.15, 0.2) is 5.78 Å². The second-order valence-electron chi connectivity index (χ2n) is 5.14. The summed E-state index contributed by atoms with van der Waals surface area (Å²) in [6.45, 7) is 6.80. The van der Waals surface area contributed by atoms with Gasteiger partial charge in [0.2, 0.25) is 0 Å². The van der Waals surface area contributed by atoms with Gasteiger partial charge in [-0.05, 0) is 26.8 Å². The minimum Gasteiger partial charge on any atom is -0.380 e. The second-order valence-corrected chi connectivity index (χ2v) is 5.14. The highest BCUT2D eigenvalue weighted by atomic mass is 16.5.